The maximum absolute atomic E-state index is 3.80. The van der Waals surface area contributed by atoms with Gasteiger partial charge in [-0.2, -0.15) is 0 Å². The van der Waals surface area contributed by atoms with Gasteiger partial charge < -0.3 is 12.4 Å². The second-order valence-electron chi connectivity index (χ2n) is 7.76. The molecule has 0 unspecified atom stereocenters. The summed E-state index contributed by atoms with van der Waals surface area (Å²) in [5, 5.41) is 0. The van der Waals surface area contributed by atoms with Crippen LogP contribution in [0.3, 0.4) is 0 Å². The number of halogens is 1. The summed E-state index contributed by atoms with van der Waals surface area (Å²) in [6.45, 7) is 7.02. The van der Waals surface area contributed by atoms with Gasteiger partial charge in [0.05, 0.1) is 0 Å². The molecule has 0 saturated heterocycles. The third-order valence-corrected chi connectivity index (χ3v) is 5.36. The van der Waals surface area contributed by atoms with E-state index in [0.29, 0.717) is 0 Å². The molecule has 0 fully saturated rings. The molecule has 2 rings (SSSR count). The van der Waals surface area contributed by atoms with Crippen LogP contribution in [-0.4, -0.2) is 0 Å². The summed E-state index contributed by atoms with van der Waals surface area (Å²) >= 11 is 0. The summed E-state index contributed by atoms with van der Waals surface area (Å²) in [5.74, 6) is 0. The lowest BCUT2D eigenvalue weighted by molar-refractivity contribution is -0.688. The Morgan fingerprint density at radius 1 is 0.714 bits per heavy atom. The Labute approximate surface area is 179 Å². The van der Waals surface area contributed by atoms with E-state index < -0.39 is 0 Å². The van der Waals surface area contributed by atoms with Gasteiger partial charge in [0.2, 0.25) is 0 Å². The first-order chi connectivity index (χ1) is 13.3. The number of hydrogen-bond donors (Lipinski definition) is 0. The lowest BCUT2D eigenvalue weighted by atomic mass is 10.0. The molecule has 1 nitrogen and oxygen atoms in total. The van der Waals surface area contributed by atoms with Gasteiger partial charge in [0.1, 0.15) is 0 Å². The van der Waals surface area contributed by atoms with E-state index in [0.717, 1.165) is 12.1 Å². The van der Waals surface area contributed by atoms with E-state index in [4.69, 9.17) is 0 Å². The highest BCUT2D eigenvalue weighted by atomic mass is 35.5. The number of hydrogen-bond acceptors (Lipinski definition) is 0. The van der Waals surface area contributed by atoms with E-state index >= 15 is 0 Å². The summed E-state index contributed by atoms with van der Waals surface area (Å²) in [6.07, 6.45) is 21.4. The first-order valence-electron chi connectivity index (χ1n) is 11.0. The zero-order valence-electron chi connectivity index (χ0n) is 17.7. The van der Waals surface area contributed by atoms with Crippen LogP contribution < -0.4 is 17.0 Å². The van der Waals surface area contributed by atoms with Gasteiger partial charge in [-0.05, 0) is 24.0 Å². The van der Waals surface area contributed by atoms with E-state index in [1.807, 2.05) is 6.08 Å². The molecule has 0 aliphatic carbocycles. The van der Waals surface area contributed by atoms with Gasteiger partial charge in [0.15, 0.2) is 18.9 Å². The van der Waals surface area contributed by atoms with Crippen molar-refractivity contribution >= 4 is 6.08 Å². The van der Waals surface area contributed by atoms with Crippen LogP contribution in [0.25, 0.3) is 6.08 Å². The number of rotatable bonds is 14. The maximum atomic E-state index is 3.80. The van der Waals surface area contributed by atoms with E-state index in [1.54, 1.807) is 0 Å². The molecule has 154 valence electrons. The molecule has 0 radical (unpaired) electrons. The molecule has 0 saturated carbocycles. The standard InChI is InChI=1S/C26H38N.ClH/c1-3-5-6-7-8-9-10-11-12-13-14-25-15-17-26(18-16-25)23-27-21-19-24(4-2)20-22-27;/h4,15-22H,2-3,5-14,23H2,1H3;1H/q+1;/p-1. The van der Waals surface area contributed by atoms with E-state index in [-0.39, 0.29) is 12.4 Å². The zero-order valence-corrected chi connectivity index (χ0v) is 18.5. The van der Waals surface area contributed by atoms with Crippen LogP contribution in [0.1, 0.15) is 87.8 Å². The lowest BCUT2D eigenvalue weighted by Gasteiger charge is -2.04. The average molecular weight is 400 g/mol. The van der Waals surface area contributed by atoms with E-state index in [2.05, 4.69) is 66.9 Å². The van der Waals surface area contributed by atoms with Crippen LogP contribution >= 0.6 is 0 Å². The Balaban J connectivity index is 0.00000392. The second kappa shape index (κ2) is 15.3. The highest BCUT2D eigenvalue weighted by Gasteiger charge is 2.03. The quantitative estimate of drug-likeness (QED) is 0.332. The van der Waals surface area contributed by atoms with Crippen molar-refractivity contribution in [1.29, 1.82) is 0 Å². The molecule has 2 heteroatoms. The van der Waals surface area contributed by atoms with Crippen LogP contribution in [0.5, 0.6) is 0 Å². The second-order valence-corrected chi connectivity index (χ2v) is 7.76. The fourth-order valence-corrected chi connectivity index (χ4v) is 3.55. The molecule has 0 bridgehead atoms. The lowest BCUT2D eigenvalue weighted by Crippen LogP contribution is -3.00. The summed E-state index contributed by atoms with van der Waals surface area (Å²) in [6, 6.07) is 13.4. The van der Waals surface area contributed by atoms with E-state index in [1.165, 1.54) is 81.8 Å². The van der Waals surface area contributed by atoms with Crippen LogP contribution in [-0.2, 0) is 13.0 Å². The van der Waals surface area contributed by atoms with Gasteiger partial charge in [-0.15, -0.1) is 0 Å². The molecule has 0 N–H and O–H groups in total. The van der Waals surface area contributed by atoms with Crippen molar-refractivity contribution in [2.24, 2.45) is 0 Å². The number of unbranched alkanes of at least 4 members (excludes halogenated alkanes) is 9. The minimum absolute atomic E-state index is 0. The zero-order chi connectivity index (χ0) is 19.2. The summed E-state index contributed by atoms with van der Waals surface area (Å²) < 4.78 is 2.21. The van der Waals surface area contributed by atoms with Crippen molar-refractivity contribution < 1.29 is 17.0 Å². The summed E-state index contributed by atoms with van der Waals surface area (Å²) in [5.41, 5.74) is 4.00. The van der Waals surface area contributed by atoms with Gasteiger partial charge in [0, 0.05) is 17.7 Å². The Morgan fingerprint density at radius 2 is 1.21 bits per heavy atom. The number of pyridine rings is 1. The van der Waals surface area contributed by atoms with E-state index in [9.17, 15) is 0 Å². The van der Waals surface area contributed by atoms with Crippen molar-refractivity contribution in [2.45, 2.75) is 84.1 Å². The smallest absolute Gasteiger partial charge is 0.173 e. The molecule has 2 aromatic rings. The molecule has 0 spiro atoms. The monoisotopic (exact) mass is 399 g/mol. The fraction of sp³-hybridized carbons (Fsp3) is 0.500. The molecular weight excluding hydrogens is 362 g/mol. The first-order valence-corrected chi connectivity index (χ1v) is 11.0. The Kier molecular flexibility index (Phi) is 13.4. The highest BCUT2D eigenvalue weighted by molar-refractivity contribution is 5.44. The minimum atomic E-state index is 0. The third-order valence-electron chi connectivity index (χ3n) is 5.36. The molecule has 0 atom stereocenters. The summed E-state index contributed by atoms with van der Waals surface area (Å²) in [4.78, 5) is 0. The van der Waals surface area contributed by atoms with Crippen molar-refractivity contribution in [2.75, 3.05) is 0 Å². The molecular formula is C26H38ClN. The first kappa shape index (κ1) is 24.4. The van der Waals surface area contributed by atoms with Gasteiger partial charge >= 0.3 is 0 Å². The van der Waals surface area contributed by atoms with Gasteiger partial charge in [-0.3, -0.25) is 0 Å². The predicted molar refractivity (Wildman–Crippen MR) is 118 cm³/mol. The predicted octanol–water partition coefficient (Wildman–Crippen LogP) is 4.13. The van der Waals surface area contributed by atoms with Gasteiger partial charge in [-0.25, -0.2) is 4.57 Å². The summed E-state index contributed by atoms with van der Waals surface area (Å²) in [7, 11) is 0. The SMILES string of the molecule is C=Cc1cc[n+](Cc2ccc(CCCCCCCCCCCC)cc2)cc1.[Cl-]. The van der Waals surface area contributed by atoms with Crippen LogP contribution in [0, 0.1) is 0 Å². The molecule has 1 aromatic carbocycles. The maximum Gasteiger partial charge on any atom is 0.173 e. The van der Waals surface area contributed by atoms with Crippen molar-refractivity contribution in [1.82, 2.24) is 0 Å². The molecule has 28 heavy (non-hydrogen) atoms. The average Bonchev–Trinajstić information content (AvgIpc) is 2.71. The number of aryl methyl sites for hydroxylation is 1. The highest BCUT2D eigenvalue weighted by Crippen LogP contribution is 2.13. The molecule has 0 amide bonds. The van der Waals surface area contributed by atoms with Crippen LogP contribution in [0.2, 0.25) is 0 Å². The van der Waals surface area contributed by atoms with Gasteiger partial charge in [0.25, 0.3) is 0 Å². The molecule has 0 aliphatic heterocycles. The minimum Gasteiger partial charge on any atom is -1.00 e. The molecule has 0 aliphatic rings. The van der Waals surface area contributed by atoms with Crippen LogP contribution in [0.15, 0.2) is 55.4 Å². The van der Waals surface area contributed by atoms with Crippen LogP contribution in [0.4, 0.5) is 0 Å². The topological polar surface area (TPSA) is 3.88 Å². The molecule has 1 aromatic heterocycles. The largest absolute Gasteiger partial charge is 1.00 e. The number of nitrogens with zero attached hydrogens (tertiary/aromatic N) is 1. The van der Waals surface area contributed by atoms with Crippen molar-refractivity contribution in [3.05, 3.63) is 72.1 Å². The van der Waals surface area contributed by atoms with Crippen molar-refractivity contribution in [3.8, 4) is 0 Å². The molecule has 1 heterocycles. The Hall–Kier alpha value is -1.60. The fourth-order valence-electron chi connectivity index (χ4n) is 3.55. The third kappa shape index (κ3) is 10.1. The van der Waals surface area contributed by atoms with Crippen molar-refractivity contribution in [3.63, 3.8) is 0 Å². The number of aromatic nitrogens is 1. The Bertz CT molecular complexity index is 630. The number of benzene rings is 1. The normalized spacial score (nSPS) is 10.5. The Morgan fingerprint density at radius 3 is 1.75 bits per heavy atom. The van der Waals surface area contributed by atoms with Gasteiger partial charge in [-0.1, -0.05) is 102 Å².